The minimum atomic E-state index is -1.79. The number of anilines is 1. The van der Waals surface area contributed by atoms with E-state index < -0.39 is 19.7 Å². The van der Waals surface area contributed by atoms with Crippen LogP contribution in [0.2, 0.25) is 18.1 Å². The van der Waals surface area contributed by atoms with Crippen LogP contribution in [-0.2, 0) is 22.2 Å². The average Bonchev–Trinajstić information content (AvgIpc) is 2.44. The molecule has 0 spiro atoms. The number of nitrogen functional groups attached to an aromatic ring is 1. The molecule has 0 bridgehead atoms. The minimum Gasteiger partial charge on any atom is -0.598 e. The van der Waals surface area contributed by atoms with Gasteiger partial charge in [-0.25, -0.2) is 4.98 Å². The van der Waals surface area contributed by atoms with E-state index in [2.05, 4.69) is 43.6 Å². The van der Waals surface area contributed by atoms with Gasteiger partial charge in [0.05, 0.1) is 6.04 Å². The lowest BCUT2D eigenvalue weighted by Crippen LogP contribution is -2.47. The van der Waals surface area contributed by atoms with Gasteiger partial charge in [-0.3, -0.25) is 0 Å². The molecule has 5 nitrogen and oxygen atoms in total. The molecule has 0 aliphatic rings. The van der Waals surface area contributed by atoms with Gasteiger partial charge < -0.3 is 14.7 Å². The van der Waals surface area contributed by atoms with Gasteiger partial charge >= 0.3 is 0 Å². The number of nitrogens with two attached hydrogens (primary N) is 1. The maximum absolute atomic E-state index is 12.6. The Morgan fingerprint density at radius 3 is 2.35 bits per heavy atom. The summed E-state index contributed by atoms with van der Waals surface area (Å²) in [7, 11) is -1.79. The summed E-state index contributed by atoms with van der Waals surface area (Å²) in [6, 6.07) is 5.66. The van der Waals surface area contributed by atoms with Crippen LogP contribution in [0.3, 0.4) is 0 Å². The van der Waals surface area contributed by atoms with Gasteiger partial charge in [0.25, 0.3) is 0 Å². The zero-order valence-electron chi connectivity index (χ0n) is 17.7. The Kier molecular flexibility index (Phi) is 8.17. The van der Waals surface area contributed by atoms with Crippen molar-refractivity contribution in [2.24, 2.45) is 0 Å². The van der Waals surface area contributed by atoms with Gasteiger partial charge in [0.2, 0.25) is 0 Å². The fourth-order valence-electron chi connectivity index (χ4n) is 2.07. The fourth-order valence-corrected chi connectivity index (χ4v) is 3.99. The highest BCUT2D eigenvalue weighted by molar-refractivity contribution is 7.90. The molecule has 26 heavy (non-hydrogen) atoms. The summed E-state index contributed by atoms with van der Waals surface area (Å²) in [6.07, 6.45) is 1.46. The smallest absolute Gasteiger partial charge is 0.191 e. The van der Waals surface area contributed by atoms with E-state index in [1.165, 1.54) is 0 Å². The third-order valence-electron chi connectivity index (χ3n) is 4.85. The molecule has 1 aromatic rings. The van der Waals surface area contributed by atoms with Crippen LogP contribution in [0.4, 0.5) is 5.82 Å². The molecule has 150 valence electrons. The number of pyridine rings is 1. The van der Waals surface area contributed by atoms with Crippen molar-refractivity contribution in [2.75, 3.05) is 12.3 Å². The van der Waals surface area contributed by atoms with E-state index in [1.807, 2.05) is 32.9 Å². The Balaban J connectivity index is 2.77. The second kappa shape index (κ2) is 9.06. The standard InChI is InChI=1S/C19H37N3O2SSi/c1-18(2,3)25(23)22-16(14-15-10-9-11-17(20)21-15)12-13-24-26(7,8)19(4,5)6/h9-11,16,22H,12-14H2,1-8H3,(H2,20,21)/t16-,25?/m0/s1. The molecular weight excluding hydrogens is 362 g/mol. The topological polar surface area (TPSA) is 83.2 Å². The van der Waals surface area contributed by atoms with Crippen molar-refractivity contribution >= 4 is 25.5 Å². The van der Waals surface area contributed by atoms with Crippen LogP contribution in [0.1, 0.15) is 53.7 Å². The molecule has 7 heteroatoms. The summed E-state index contributed by atoms with van der Waals surface area (Å²) >= 11 is -1.14. The van der Waals surface area contributed by atoms with Crippen LogP contribution < -0.4 is 10.5 Å². The SMILES string of the molecule is CC(C)(C)[S+]([O-])N[C@@H](CCO[Si](C)(C)C(C)(C)C)Cc1cccc(N)n1. The fraction of sp³-hybridized carbons (Fsp3) is 0.737. The molecule has 1 unspecified atom stereocenters. The molecule has 0 amide bonds. The van der Waals surface area contributed by atoms with Gasteiger partial charge in [-0.2, -0.15) is 0 Å². The van der Waals surface area contributed by atoms with E-state index >= 15 is 0 Å². The van der Waals surface area contributed by atoms with Crippen LogP contribution in [-0.4, -0.2) is 35.2 Å². The van der Waals surface area contributed by atoms with E-state index in [4.69, 9.17) is 10.2 Å². The molecule has 0 aliphatic carbocycles. The molecule has 0 saturated heterocycles. The summed E-state index contributed by atoms with van der Waals surface area (Å²) in [6.45, 7) is 17.8. The first-order chi connectivity index (χ1) is 11.7. The molecule has 1 aromatic heterocycles. The Morgan fingerprint density at radius 2 is 1.85 bits per heavy atom. The van der Waals surface area contributed by atoms with Crippen molar-refractivity contribution in [3.05, 3.63) is 23.9 Å². The summed E-state index contributed by atoms with van der Waals surface area (Å²) in [4.78, 5) is 4.39. The molecule has 2 atom stereocenters. The van der Waals surface area contributed by atoms with Gasteiger partial charge in [-0.05, 0) is 57.5 Å². The maximum atomic E-state index is 12.6. The quantitative estimate of drug-likeness (QED) is 0.509. The largest absolute Gasteiger partial charge is 0.598 e. The Bertz CT molecular complexity index is 571. The van der Waals surface area contributed by atoms with E-state index in [1.54, 1.807) is 6.07 Å². The van der Waals surface area contributed by atoms with E-state index in [-0.39, 0.29) is 15.8 Å². The second-order valence-electron chi connectivity index (χ2n) is 9.35. The monoisotopic (exact) mass is 399 g/mol. The van der Waals surface area contributed by atoms with Crippen LogP contribution in [0, 0.1) is 0 Å². The normalized spacial score (nSPS) is 15.7. The van der Waals surface area contributed by atoms with Gasteiger partial charge in [-0.1, -0.05) is 26.8 Å². The van der Waals surface area contributed by atoms with Crippen molar-refractivity contribution in [3.8, 4) is 0 Å². The molecule has 0 radical (unpaired) electrons. The number of nitrogens with zero attached hydrogens (tertiary/aromatic N) is 1. The van der Waals surface area contributed by atoms with E-state index in [0.717, 1.165) is 12.1 Å². The lowest BCUT2D eigenvalue weighted by molar-refractivity contribution is 0.267. The van der Waals surface area contributed by atoms with Gasteiger partial charge in [0.15, 0.2) is 8.32 Å². The Morgan fingerprint density at radius 1 is 1.23 bits per heavy atom. The van der Waals surface area contributed by atoms with Crippen LogP contribution in [0.25, 0.3) is 0 Å². The van der Waals surface area contributed by atoms with Crippen LogP contribution >= 0.6 is 0 Å². The van der Waals surface area contributed by atoms with Crippen molar-refractivity contribution < 1.29 is 8.98 Å². The zero-order valence-corrected chi connectivity index (χ0v) is 19.5. The Hall–Kier alpha value is -0.603. The van der Waals surface area contributed by atoms with Crippen LogP contribution in [0.5, 0.6) is 0 Å². The number of hydrogen-bond acceptors (Lipinski definition) is 5. The molecule has 0 aromatic carbocycles. The first kappa shape index (κ1) is 23.4. The van der Waals surface area contributed by atoms with E-state index in [9.17, 15) is 4.55 Å². The minimum absolute atomic E-state index is 0.0223. The summed E-state index contributed by atoms with van der Waals surface area (Å²) in [5, 5.41) is 0.180. The summed E-state index contributed by atoms with van der Waals surface area (Å²) < 4.78 is 21.8. The van der Waals surface area contributed by atoms with Crippen molar-refractivity contribution in [1.82, 2.24) is 9.71 Å². The Labute approximate surface area is 163 Å². The number of hydrogen-bond donors (Lipinski definition) is 2. The van der Waals surface area contributed by atoms with Gasteiger partial charge in [-0.15, -0.1) is 4.72 Å². The molecule has 1 heterocycles. The summed E-state index contributed by atoms with van der Waals surface area (Å²) in [5.41, 5.74) is 6.70. The third-order valence-corrected chi connectivity index (χ3v) is 11.0. The van der Waals surface area contributed by atoms with Gasteiger partial charge in [0.1, 0.15) is 10.6 Å². The predicted octanol–water partition coefficient (Wildman–Crippen LogP) is 4.04. The third kappa shape index (κ3) is 7.56. The molecule has 1 rings (SSSR count). The van der Waals surface area contributed by atoms with Crippen LogP contribution in [0.15, 0.2) is 18.2 Å². The lowest BCUT2D eigenvalue weighted by Gasteiger charge is -2.36. The number of rotatable bonds is 8. The highest BCUT2D eigenvalue weighted by atomic mass is 32.2. The molecule has 0 aliphatic heterocycles. The first-order valence-electron chi connectivity index (χ1n) is 9.26. The molecule has 3 N–H and O–H groups in total. The number of aromatic nitrogens is 1. The molecular formula is C19H37N3O2SSi. The predicted molar refractivity (Wildman–Crippen MR) is 115 cm³/mol. The zero-order chi connectivity index (χ0) is 20.2. The highest BCUT2D eigenvalue weighted by Gasteiger charge is 2.37. The van der Waals surface area contributed by atoms with Crippen molar-refractivity contribution in [3.63, 3.8) is 0 Å². The van der Waals surface area contributed by atoms with Crippen molar-refractivity contribution in [1.29, 1.82) is 0 Å². The van der Waals surface area contributed by atoms with Gasteiger partial charge in [0, 0.05) is 30.1 Å². The summed E-state index contributed by atoms with van der Waals surface area (Å²) in [5.74, 6) is 0.510. The number of nitrogens with one attached hydrogen (secondary N) is 1. The average molecular weight is 400 g/mol. The molecule has 0 saturated carbocycles. The molecule has 0 fully saturated rings. The van der Waals surface area contributed by atoms with Crippen molar-refractivity contribution in [2.45, 2.75) is 83.3 Å². The maximum Gasteiger partial charge on any atom is 0.191 e. The highest BCUT2D eigenvalue weighted by Crippen LogP contribution is 2.36. The first-order valence-corrected chi connectivity index (χ1v) is 13.3. The van der Waals surface area contributed by atoms with E-state index in [0.29, 0.717) is 18.8 Å². The second-order valence-corrected chi connectivity index (χ2v) is 16.2. The lowest BCUT2D eigenvalue weighted by atomic mass is 10.1.